The van der Waals surface area contributed by atoms with Gasteiger partial charge in [0.15, 0.2) is 6.10 Å². The average molecular weight is 849 g/mol. The first-order valence-electron chi connectivity index (χ1n) is 26.8. The summed E-state index contributed by atoms with van der Waals surface area (Å²) < 4.78 is 16.8. The minimum atomic E-state index is -0.762. The van der Waals surface area contributed by atoms with Crippen LogP contribution in [0.4, 0.5) is 0 Å². The summed E-state index contributed by atoms with van der Waals surface area (Å²) in [6, 6.07) is 0. The molecule has 0 aromatic heterocycles. The van der Waals surface area contributed by atoms with E-state index < -0.39 is 6.10 Å². The van der Waals surface area contributed by atoms with Crippen LogP contribution in [0.1, 0.15) is 298 Å². The van der Waals surface area contributed by atoms with E-state index in [4.69, 9.17) is 14.2 Å². The SMILES string of the molecule is CCCCCCCCCCCCCCCCCCCCC(=O)O[C@H](COC(=O)CCCCCCCCCCCCCC(C)C)COC(=O)CCCCCCCCC(C)CC. The Hall–Kier alpha value is -1.59. The molecule has 0 amide bonds. The Labute approximate surface area is 374 Å². The summed E-state index contributed by atoms with van der Waals surface area (Å²) in [5, 5.41) is 0. The number of carbonyl (C=O) groups excluding carboxylic acids is 3. The third-order valence-electron chi connectivity index (χ3n) is 12.6. The molecule has 6 heteroatoms. The maximum Gasteiger partial charge on any atom is 0.306 e. The maximum absolute atomic E-state index is 12.8. The van der Waals surface area contributed by atoms with Crippen LogP contribution in [0.5, 0.6) is 0 Å². The molecule has 0 heterocycles. The zero-order valence-corrected chi connectivity index (χ0v) is 41.1. The Bertz CT molecular complexity index is 918. The van der Waals surface area contributed by atoms with E-state index in [0.717, 1.165) is 69.6 Å². The standard InChI is InChI=1S/C54H104O6/c1-6-8-9-10-11-12-13-14-15-16-17-18-19-22-26-29-36-41-46-54(57)60-51(48-59-53(56)45-40-35-31-30-33-38-43-50(5)7-2)47-58-52(55)44-39-34-28-25-23-20-21-24-27-32-37-42-49(3)4/h49-51H,6-48H2,1-5H3/t50?,51-/m1/s1. The highest BCUT2D eigenvalue weighted by Crippen LogP contribution is 2.18. The van der Waals surface area contributed by atoms with E-state index in [1.165, 1.54) is 186 Å². The van der Waals surface area contributed by atoms with Crippen molar-refractivity contribution in [1.29, 1.82) is 0 Å². The smallest absolute Gasteiger partial charge is 0.306 e. The van der Waals surface area contributed by atoms with Crippen molar-refractivity contribution in [1.82, 2.24) is 0 Å². The van der Waals surface area contributed by atoms with Crippen molar-refractivity contribution in [2.24, 2.45) is 11.8 Å². The minimum Gasteiger partial charge on any atom is -0.462 e. The largest absolute Gasteiger partial charge is 0.462 e. The molecular formula is C54H104O6. The first kappa shape index (κ1) is 58.4. The van der Waals surface area contributed by atoms with E-state index in [9.17, 15) is 14.4 Å². The monoisotopic (exact) mass is 849 g/mol. The quantitative estimate of drug-likeness (QED) is 0.0345. The van der Waals surface area contributed by atoms with Crippen LogP contribution in [-0.2, 0) is 28.6 Å². The highest BCUT2D eigenvalue weighted by atomic mass is 16.6. The van der Waals surface area contributed by atoms with Gasteiger partial charge in [0.05, 0.1) is 0 Å². The molecule has 0 bridgehead atoms. The second-order valence-electron chi connectivity index (χ2n) is 19.2. The molecule has 6 nitrogen and oxygen atoms in total. The third-order valence-corrected chi connectivity index (χ3v) is 12.6. The van der Waals surface area contributed by atoms with Crippen LogP contribution < -0.4 is 0 Å². The van der Waals surface area contributed by atoms with Crippen molar-refractivity contribution in [3.8, 4) is 0 Å². The lowest BCUT2D eigenvalue weighted by Gasteiger charge is -2.18. The van der Waals surface area contributed by atoms with Crippen LogP contribution in [0.2, 0.25) is 0 Å². The van der Waals surface area contributed by atoms with Gasteiger partial charge in [-0.3, -0.25) is 14.4 Å². The third kappa shape index (κ3) is 45.9. The molecule has 0 radical (unpaired) electrons. The van der Waals surface area contributed by atoms with Crippen molar-refractivity contribution in [2.75, 3.05) is 13.2 Å². The summed E-state index contributed by atoms with van der Waals surface area (Å²) in [5.74, 6) is 0.791. The van der Waals surface area contributed by atoms with Gasteiger partial charge in [-0.1, -0.05) is 259 Å². The minimum absolute atomic E-state index is 0.0644. The lowest BCUT2D eigenvalue weighted by atomic mass is 10.00. The summed E-state index contributed by atoms with van der Waals surface area (Å²) in [7, 11) is 0. The van der Waals surface area contributed by atoms with Crippen LogP contribution in [0.15, 0.2) is 0 Å². The second-order valence-corrected chi connectivity index (χ2v) is 19.2. The molecule has 0 saturated heterocycles. The fourth-order valence-electron chi connectivity index (χ4n) is 8.13. The lowest BCUT2D eigenvalue weighted by Crippen LogP contribution is -2.30. The van der Waals surface area contributed by atoms with Gasteiger partial charge < -0.3 is 14.2 Å². The molecule has 0 saturated carbocycles. The zero-order chi connectivity index (χ0) is 44.0. The molecular weight excluding hydrogens is 745 g/mol. The van der Waals surface area contributed by atoms with Gasteiger partial charge in [0.2, 0.25) is 0 Å². The summed E-state index contributed by atoms with van der Waals surface area (Å²) >= 11 is 0. The fourth-order valence-corrected chi connectivity index (χ4v) is 8.13. The Morgan fingerprint density at radius 2 is 0.633 bits per heavy atom. The van der Waals surface area contributed by atoms with Gasteiger partial charge in [-0.2, -0.15) is 0 Å². The molecule has 356 valence electrons. The van der Waals surface area contributed by atoms with Gasteiger partial charge in [-0.05, 0) is 31.1 Å². The van der Waals surface area contributed by atoms with E-state index in [1.54, 1.807) is 0 Å². The molecule has 0 aliphatic rings. The zero-order valence-electron chi connectivity index (χ0n) is 41.1. The number of hydrogen-bond acceptors (Lipinski definition) is 6. The van der Waals surface area contributed by atoms with E-state index >= 15 is 0 Å². The maximum atomic E-state index is 12.8. The van der Waals surface area contributed by atoms with E-state index in [0.29, 0.717) is 19.3 Å². The van der Waals surface area contributed by atoms with Gasteiger partial charge in [0.1, 0.15) is 13.2 Å². The van der Waals surface area contributed by atoms with Crippen molar-refractivity contribution in [2.45, 2.75) is 304 Å². The molecule has 1 unspecified atom stereocenters. The van der Waals surface area contributed by atoms with Gasteiger partial charge in [-0.25, -0.2) is 0 Å². The van der Waals surface area contributed by atoms with Crippen LogP contribution in [-0.4, -0.2) is 37.2 Å². The van der Waals surface area contributed by atoms with Gasteiger partial charge >= 0.3 is 17.9 Å². The summed E-state index contributed by atoms with van der Waals surface area (Å²) in [6.07, 6.45) is 48.1. The predicted molar refractivity (Wildman–Crippen MR) is 256 cm³/mol. The summed E-state index contributed by atoms with van der Waals surface area (Å²) in [6.45, 7) is 11.4. The highest BCUT2D eigenvalue weighted by Gasteiger charge is 2.19. The number of rotatable bonds is 48. The fraction of sp³-hybridized carbons (Fsp3) is 0.944. The van der Waals surface area contributed by atoms with Crippen LogP contribution >= 0.6 is 0 Å². The van der Waals surface area contributed by atoms with E-state index in [2.05, 4.69) is 34.6 Å². The number of hydrogen-bond donors (Lipinski definition) is 0. The number of ether oxygens (including phenoxy) is 3. The highest BCUT2D eigenvalue weighted by molar-refractivity contribution is 5.71. The van der Waals surface area contributed by atoms with Gasteiger partial charge in [-0.15, -0.1) is 0 Å². The van der Waals surface area contributed by atoms with Crippen LogP contribution in [0.25, 0.3) is 0 Å². The predicted octanol–water partition coefficient (Wildman–Crippen LogP) is 17.3. The first-order valence-corrected chi connectivity index (χ1v) is 26.8. The molecule has 0 fully saturated rings. The topological polar surface area (TPSA) is 78.9 Å². The van der Waals surface area contributed by atoms with Crippen molar-refractivity contribution in [3.05, 3.63) is 0 Å². The Morgan fingerprint density at radius 3 is 0.950 bits per heavy atom. The molecule has 2 atom stereocenters. The Balaban J connectivity index is 4.28. The lowest BCUT2D eigenvalue weighted by molar-refractivity contribution is -0.167. The van der Waals surface area contributed by atoms with Crippen molar-refractivity contribution in [3.63, 3.8) is 0 Å². The molecule has 0 N–H and O–H groups in total. The molecule has 0 rings (SSSR count). The molecule has 0 aliphatic heterocycles. The molecule has 0 aromatic carbocycles. The molecule has 0 aliphatic carbocycles. The molecule has 0 aromatic rings. The molecule has 0 spiro atoms. The van der Waals surface area contributed by atoms with Crippen molar-refractivity contribution >= 4 is 17.9 Å². The van der Waals surface area contributed by atoms with Gasteiger partial charge in [0.25, 0.3) is 0 Å². The van der Waals surface area contributed by atoms with Gasteiger partial charge in [0, 0.05) is 19.3 Å². The van der Waals surface area contributed by atoms with E-state index in [1.807, 2.05) is 0 Å². The Morgan fingerprint density at radius 1 is 0.350 bits per heavy atom. The van der Waals surface area contributed by atoms with Crippen LogP contribution in [0.3, 0.4) is 0 Å². The first-order chi connectivity index (χ1) is 29.3. The Kier molecular flexibility index (Phi) is 45.7. The molecule has 60 heavy (non-hydrogen) atoms. The van der Waals surface area contributed by atoms with Crippen LogP contribution in [0, 0.1) is 11.8 Å². The number of carbonyl (C=O) groups is 3. The number of esters is 3. The normalized spacial score (nSPS) is 12.5. The van der Waals surface area contributed by atoms with Crippen molar-refractivity contribution < 1.29 is 28.6 Å². The summed E-state index contributed by atoms with van der Waals surface area (Å²) in [4.78, 5) is 38.0. The van der Waals surface area contributed by atoms with E-state index in [-0.39, 0.29) is 31.1 Å². The summed E-state index contributed by atoms with van der Waals surface area (Å²) in [5.41, 5.74) is 0. The second kappa shape index (κ2) is 46.9. The average Bonchev–Trinajstić information content (AvgIpc) is 3.23. The number of unbranched alkanes of at least 4 members (excludes halogenated alkanes) is 32.